The normalized spacial score (nSPS) is 12.8. The van der Waals surface area contributed by atoms with Crippen molar-refractivity contribution >= 4 is 10.0 Å². The van der Waals surface area contributed by atoms with Crippen molar-refractivity contribution in [3.05, 3.63) is 59.7 Å². The number of rotatable bonds is 7. The number of hydrogen-bond acceptors (Lipinski definition) is 4. The quantitative estimate of drug-likeness (QED) is 0.810. The molecule has 0 spiro atoms. The average Bonchev–Trinajstić information content (AvgIpc) is 2.54. The summed E-state index contributed by atoms with van der Waals surface area (Å²) >= 11 is 0. The molecular weight excluding hydrogens is 314 g/mol. The molecule has 124 valence electrons. The lowest BCUT2D eigenvalue weighted by molar-refractivity contribution is 0.179. The minimum absolute atomic E-state index is 0.0612. The van der Waals surface area contributed by atoms with Crippen LogP contribution in [0.25, 0.3) is 0 Å². The van der Waals surface area contributed by atoms with Crippen LogP contribution in [0.3, 0.4) is 0 Å². The lowest BCUT2D eigenvalue weighted by atomic mass is 10.1. The van der Waals surface area contributed by atoms with Crippen LogP contribution in [0.2, 0.25) is 0 Å². The van der Waals surface area contributed by atoms with Gasteiger partial charge in [-0.25, -0.2) is 13.1 Å². The van der Waals surface area contributed by atoms with Crippen LogP contribution in [0.5, 0.6) is 5.75 Å². The summed E-state index contributed by atoms with van der Waals surface area (Å²) in [7, 11) is -2.32. The van der Waals surface area contributed by atoms with Crippen LogP contribution in [0.15, 0.2) is 53.4 Å². The summed E-state index contributed by atoms with van der Waals surface area (Å²) in [4.78, 5) is 0.0758. The summed E-state index contributed by atoms with van der Waals surface area (Å²) in [6, 6.07) is 14.4. The first-order chi connectivity index (χ1) is 10.9. The molecular formula is C17H21NO4S. The largest absolute Gasteiger partial charge is 0.495 e. The van der Waals surface area contributed by atoms with E-state index in [1.54, 1.807) is 18.2 Å². The van der Waals surface area contributed by atoms with Gasteiger partial charge in [0.2, 0.25) is 10.0 Å². The Hall–Kier alpha value is -1.89. The van der Waals surface area contributed by atoms with E-state index in [-0.39, 0.29) is 17.2 Å². The Labute approximate surface area is 137 Å². The molecule has 0 aliphatic heterocycles. The second kappa shape index (κ2) is 7.59. The highest BCUT2D eigenvalue weighted by molar-refractivity contribution is 7.89. The minimum Gasteiger partial charge on any atom is -0.495 e. The van der Waals surface area contributed by atoms with Crippen LogP contribution in [0, 0.1) is 6.92 Å². The minimum atomic E-state index is -3.75. The summed E-state index contributed by atoms with van der Waals surface area (Å²) in [5.41, 5.74) is 1.77. The van der Waals surface area contributed by atoms with Gasteiger partial charge in [0, 0.05) is 6.54 Å². The van der Waals surface area contributed by atoms with Gasteiger partial charge < -0.3 is 9.84 Å². The molecule has 2 rings (SSSR count). The molecule has 1 atom stereocenters. The summed E-state index contributed by atoms with van der Waals surface area (Å²) in [5.74, 6) is 0.278. The highest BCUT2D eigenvalue weighted by Crippen LogP contribution is 2.24. The Balaban J connectivity index is 2.05. The highest BCUT2D eigenvalue weighted by atomic mass is 32.2. The average molecular weight is 335 g/mol. The van der Waals surface area contributed by atoms with E-state index in [9.17, 15) is 13.5 Å². The van der Waals surface area contributed by atoms with Gasteiger partial charge in [0.25, 0.3) is 0 Å². The van der Waals surface area contributed by atoms with Crippen molar-refractivity contribution in [2.45, 2.75) is 24.3 Å². The zero-order valence-corrected chi connectivity index (χ0v) is 14.0. The summed E-state index contributed by atoms with van der Waals surface area (Å²) < 4.78 is 32.4. The lowest BCUT2D eigenvalue weighted by Crippen LogP contribution is -2.33. The number of ether oxygens (including phenoxy) is 1. The Morgan fingerprint density at radius 1 is 1.17 bits per heavy atom. The monoisotopic (exact) mass is 335 g/mol. The van der Waals surface area contributed by atoms with Crippen molar-refractivity contribution in [3.63, 3.8) is 0 Å². The molecule has 0 radical (unpaired) electrons. The van der Waals surface area contributed by atoms with Gasteiger partial charge in [-0.05, 0) is 36.6 Å². The van der Waals surface area contributed by atoms with Gasteiger partial charge in [0.15, 0.2) is 0 Å². The molecule has 0 aromatic heterocycles. The Bertz CT molecular complexity index is 744. The van der Waals surface area contributed by atoms with E-state index in [2.05, 4.69) is 4.72 Å². The van der Waals surface area contributed by atoms with Crippen molar-refractivity contribution in [3.8, 4) is 5.75 Å². The third-order valence-electron chi connectivity index (χ3n) is 3.43. The van der Waals surface area contributed by atoms with Crippen LogP contribution < -0.4 is 9.46 Å². The molecule has 23 heavy (non-hydrogen) atoms. The number of aliphatic hydroxyl groups is 1. The van der Waals surface area contributed by atoms with Crippen molar-refractivity contribution in [2.75, 3.05) is 13.7 Å². The Morgan fingerprint density at radius 3 is 2.52 bits per heavy atom. The third-order valence-corrected chi connectivity index (χ3v) is 4.88. The van der Waals surface area contributed by atoms with Crippen LogP contribution in [0.4, 0.5) is 0 Å². The Morgan fingerprint density at radius 2 is 1.87 bits per heavy atom. The molecule has 0 fully saturated rings. The SMILES string of the molecule is COc1ccc(C)cc1S(=O)(=O)NCC(O)Cc1ccccc1. The molecule has 0 heterocycles. The van der Waals surface area contributed by atoms with Gasteiger partial charge in [-0.15, -0.1) is 0 Å². The van der Waals surface area contributed by atoms with Crippen LogP contribution in [-0.4, -0.2) is 33.3 Å². The van der Waals surface area contributed by atoms with E-state index in [4.69, 9.17) is 4.74 Å². The van der Waals surface area contributed by atoms with E-state index < -0.39 is 16.1 Å². The van der Waals surface area contributed by atoms with Gasteiger partial charge in [0.05, 0.1) is 13.2 Å². The third kappa shape index (κ3) is 4.79. The van der Waals surface area contributed by atoms with Crippen LogP contribution in [0.1, 0.15) is 11.1 Å². The first-order valence-electron chi connectivity index (χ1n) is 7.28. The molecule has 6 heteroatoms. The summed E-state index contributed by atoms with van der Waals surface area (Å²) in [5, 5.41) is 10.0. The fourth-order valence-electron chi connectivity index (χ4n) is 2.24. The molecule has 5 nitrogen and oxygen atoms in total. The van der Waals surface area contributed by atoms with Crippen molar-refractivity contribution in [2.24, 2.45) is 0 Å². The number of sulfonamides is 1. The van der Waals surface area contributed by atoms with Gasteiger partial charge in [-0.3, -0.25) is 0 Å². The summed E-state index contributed by atoms with van der Waals surface area (Å²) in [6.45, 7) is 1.75. The fourth-order valence-corrected chi connectivity index (χ4v) is 3.56. The second-order valence-electron chi connectivity index (χ2n) is 5.35. The Kier molecular flexibility index (Phi) is 5.76. The number of aliphatic hydroxyl groups excluding tert-OH is 1. The zero-order valence-electron chi connectivity index (χ0n) is 13.2. The molecule has 2 N–H and O–H groups in total. The van der Waals surface area contributed by atoms with Crippen LogP contribution in [-0.2, 0) is 16.4 Å². The van der Waals surface area contributed by atoms with Crippen molar-refractivity contribution in [1.82, 2.24) is 4.72 Å². The number of methoxy groups -OCH3 is 1. The molecule has 0 bridgehead atoms. The van der Waals surface area contributed by atoms with Crippen molar-refractivity contribution < 1.29 is 18.3 Å². The van der Waals surface area contributed by atoms with Gasteiger partial charge in [0.1, 0.15) is 10.6 Å². The standard InChI is InChI=1S/C17H21NO4S/c1-13-8-9-16(22-2)17(10-13)23(20,21)18-12-15(19)11-14-6-4-3-5-7-14/h3-10,15,18-19H,11-12H2,1-2H3. The number of aryl methyl sites for hydroxylation is 1. The van der Waals surface area contributed by atoms with Gasteiger partial charge in [-0.2, -0.15) is 0 Å². The predicted octanol–water partition coefficient (Wildman–Crippen LogP) is 1.89. The van der Waals surface area contributed by atoms with Crippen LogP contribution >= 0.6 is 0 Å². The van der Waals surface area contributed by atoms with Gasteiger partial charge in [-0.1, -0.05) is 36.4 Å². The number of nitrogens with one attached hydrogen (secondary N) is 1. The fraction of sp³-hybridized carbons (Fsp3) is 0.294. The van der Waals surface area contributed by atoms with Crippen molar-refractivity contribution in [1.29, 1.82) is 0 Å². The maximum atomic E-state index is 12.4. The molecule has 1 unspecified atom stereocenters. The first-order valence-corrected chi connectivity index (χ1v) is 8.77. The summed E-state index contributed by atoms with van der Waals surface area (Å²) in [6.07, 6.45) is -0.420. The van der Waals surface area contributed by atoms with Gasteiger partial charge >= 0.3 is 0 Å². The number of benzene rings is 2. The first kappa shape index (κ1) is 17.5. The number of hydrogen-bond donors (Lipinski definition) is 2. The second-order valence-corrected chi connectivity index (χ2v) is 7.09. The molecule has 2 aromatic rings. The molecule has 0 aliphatic carbocycles. The van der Waals surface area contributed by atoms with E-state index in [1.165, 1.54) is 7.11 Å². The topological polar surface area (TPSA) is 75.6 Å². The van der Waals surface area contributed by atoms with E-state index >= 15 is 0 Å². The lowest BCUT2D eigenvalue weighted by Gasteiger charge is -2.14. The molecule has 0 saturated heterocycles. The molecule has 2 aromatic carbocycles. The highest BCUT2D eigenvalue weighted by Gasteiger charge is 2.20. The smallest absolute Gasteiger partial charge is 0.244 e. The molecule has 0 saturated carbocycles. The molecule has 0 amide bonds. The zero-order chi connectivity index (χ0) is 16.9. The van der Waals surface area contributed by atoms with E-state index in [1.807, 2.05) is 37.3 Å². The maximum Gasteiger partial charge on any atom is 0.244 e. The van der Waals surface area contributed by atoms with E-state index in [0.29, 0.717) is 6.42 Å². The molecule has 0 aliphatic rings. The maximum absolute atomic E-state index is 12.4. The predicted molar refractivity (Wildman–Crippen MR) is 89.1 cm³/mol. The van der Waals surface area contributed by atoms with E-state index in [0.717, 1.165) is 11.1 Å².